The highest BCUT2D eigenvalue weighted by Crippen LogP contribution is 2.14. The van der Waals surface area contributed by atoms with Crippen LogP contribution in [0.1, 0.15) is 72.8 Å². The normalized spacial score (nSPS) is 12.2. The zero-order valence-corrected chi connectivity index (χ0v) is 24.5. The van der Waals surface area contributed by atoms with E-state index in [1.165, 1.54) is 0 Å². The predicted octanol–water partition coefficient (Wildman–Crippen LogP) is 5.15. The summed E-state index contributed by atoms with van der Waals surface area (Å²) in [5, 5.41) is 11.9. The monoisotopic (exact) mass is 557 g/mol. The number of aliphatic carboxylic acids is 1. The van der Waals surface area contributed by atoms with Gasteiger partial charge in [-0.1, -0.05) is 38.7 Å². The molecule has 10 nitrogen and oxygen atoms in total. The van der Waals surface area contributed by atoms with Gasteiger partial charge in [-0.15, -0.1) is 0 Å². The van der Waals surface area contributed by atoms with Gasteiger partial charge in [0, 0.05) is 36.7 Å². The molecule has 1 aromatic heterocycles. The van der Waals surface area contributed by atoms with Crippen LogP contribution < -0.4 is 10.9 Å². The van der Waals surface area contributed by atoms with Crippen molar-refractivity contribution in [2.75, 3.05) is 26.2 Å². The topological polar surface area (TPSA) is 138 Å². The van der Waals surface area contributed by atoms with Crippen molar-refractivity contribution in [2.24, 2.45) is 5.92 Å². The quantitative estimate of drug-likeness (QED) is 0.341. The number of hydrogen-bond donors (Lipinski definition) is 3. The van der Waals surface area contributed by atoms with Crippen molar-refractivity contribution < 1.29 is 29.0 Å². The number of pyridine rings is 1. The first-order chi connectivity index (χ1) is 18.8. The predicted molar refractivity (Wildman–Crippen MR) is 155 cm³/mol. The highest BCUT2D eigenvalue weighted by molar-refractivity contribution is 5.82. The van der Waals surface area contributed by atoms with E-state index in [9.17, 15) is 19.2 Å². The van der Waals surface area contributed by atoms with Gasteiger partial charge in [0.2, 0.25) is 0 Å². The number of nitrogens with zero attached hydrogens (tertiary/aromatic N) is 1. The SMILES string of the molecule is CC(C)(C)OC(=O)N1CCCC1.CC(C)C.O=C(O)CNC(=O)OCCCC#Cc1ccc2cc[nH]c(=O)c2c1. The number of likely N-dealkylation sites (tertiary alicyclic amines) is 1. The molecule has 0 atom stereocenters. The van der Waals surface area contributed by atoms with Crippen LogP contribution in [0.3, 0.4) is 0 Å². The molecular weight excluding hydrogens is 514 g/mol. The lowest BCUT2D eigenvalue weighted by Gasteiger charge is -2.23. The molecule has 40 heavy (non-hydrogen) atoms. The Morgan fingerprint density at radius 3 is 2.38 bits per heavy atom. The van der Waals surface area contributed by atoms with E-state index in [1.54, 1.807) is 17.2 Å². The summed E-state index contributed by atoms with van der Waals surface area (Å²) in [5.41, 5.74) is 0.218. The molecule has 0 bridgehead atoms. The van der Waals surface area contributed by atoms with Crippen molar-refractivity contribution in [3.8, 4) is 11.8 Å². The number of unbranched alkanes of at least 4 members (excludes halogenated alkanes) is 1. The molecule has 0 saturated carbocycles. The fourth-order valence-corrected chi connectivity index (χ4v) is 3.18. The second-order valence-corrected chi connectivity index (χ2v) is 10.8. The Bertz CT molecular complexity index is 1210. The van der Waals surface area contributed by atoms with Crippen molar-refractivity contribution in [1.29, 1.82) is 0 Å². The van der Waals surface area contributed by atoms with Crippen molar-refractivity contribution in [3.63, 3.8) is 0 Å². The maximum atomic E-state index is 11.7. The molecule has 2 heterocycles. The number of nitrogens with one attached hydrogen (secondary N) is 2. The number of rotatable bonds is 5. The van der Waals surface area contributed by atoms with Gasteiger partial charge in [-0.2, -0.15) is 0 Å². The van der Waals surface area contributed by atoms with Crippen LogP contribution in [0.25, 0.3) is 10.8 Å². The second-order valence-electron chi connectivity index (χ2n) is 10.8. The van der Waals surface area contributed by atoms with Gasteiger partial charge in [-0.3, -0.25) is 9.59 Å². The average molecular weight is 558 g/mol. The maximum absolute atomic E-state index is 11.7. The third-order valence-corrected chi connectivity index (χ3v) is 4.83. The van der Waals surface area contributed by atoms with Crippen molar-refractivity contribution >= 4 is 28.9 Å². The van der Waals surface area contributed by atoms with E-state index in [4.69, 9.17) is 14.6 Å². The number of H-pyrrole nitrogens is 1. The van der Waals surface area contributed by atoms with Crippen LogP contribution in [0.4, 0.5) is 9.59 Å². The minimum absolute atomic E-state index is 0.150. The van der Waals surface area contributed by atoms with Crippen molar-refractivity contribution in [3.05, 3.63) is 46.4 Å². The van der Waals surface area contributed by atoms with Gasteiger partial charge in [0.25, 0.3) is 5.56 Å². The smallest absolute Gasteiger partial charge is 0.410 e. The Hall–Kier alpha value is -4.00. The van der Waals surface area contributed by atoms with Crippen LogP contribution >= 0.6 is 0 Å². The molecule has 0 aliphatic carbocycles. The highest BCUT2D eigenvalue weighted by Gasteiger charge is 2.23. The molecule has 0 radical (unpaired) electrons. The standard InChI is InChI=1S/C17H16N2O5.C9H17NO2.C4H10/c20-15(21)11-19-17(23)24-9-3-1-2-4-12-5-6-13-7-8-18-16(22)14(13)10-12;1-9(2,3)12-8(11)10-6-4-5-7-10;1-4(2)3/h5-8,10H,1,3,9,11H2,(H,18,22)(H,19,23)(H,20,21);4-7H2,1-3H3;4H,1-3H3. The molecule has 10 heteroatoms. The Kier molecular flexibility index (Phi) is 14.9. The van der Waals surface area contributed by atoms with Crippen LogP contribution in [0.2, 0.25) is 0 Å². The lowest BCUT2D eigenvalue weighted by molar-refractivity contribution is -0.135. The Morgan fingerprint density at radius 1 is 1.12 bits per heavy atom. The molecule has 2 amide bonds. The number of aromatic amines is 1. The largest absolute Gasteiger partial charge is 0.480 e. The number of hydrogen-bond acceptors (Lipinski definition) is 6. The first-order valence-electron chi connectivity index (χ1n) is 13.5. The van der Waals surface area contributed by atoms with Crippen molar-refractivity contribution in [2.45, 2.75) is 72.8 Å². The first-order valence-corrected chi connectivity index (χ1v) is 13.5. The number of carboxylic acids is 1. The van der Waals surface area contributed by atoms with Crippen LogP contribution in [-0.2, 0) is 14.3 Å². The van der Waals surface area contributed by atoms with E-state index in [0.29, 0.717) is 18.2 Å². The van der Waals surface area contributed by atoms with Crippen LogP contribution in [0.5, 0.6) is 0 Å². The van der Waals surface area contributed by atoms with E-state index in [0.717, 1.165) is 42.8 Å². The van der Waals surface area contributed by atoms with Crippen LogP contribution in [0.15, 0.2) is 35.3 Å². The lowest BCUT2D eigenvalue weighted by atomic mass is 10.1. The molecule has 1 saturated heterocycles. The van der Waals surface area contributed by atoms with E-state index >= 15 is 0 Å². The summed E-state index contributed by atoms with van der Waals surface area (Å²) in [6.45, 7) is 13.6. The molecule has 0 unspecified atom stereocenters. The molecule has 1 aliphatic rings. The fourth-order valence-electron chi connectivity index (χ4n) is 3.18. The van der Waals surface area contributed by atoms with E-state index in [1.807, 2.05) is 39.0 Å². The van der Waals surface area contributed by atoms with Gasteiger partial charge in [0.1, 0.15) is 12.1 Å². The number of carbonyl (C=O) groups excluding carboxylic acids is 2. The summed E-state index contributed by atoms with van der Waals surface area (Å²) in [7, 11) is 0. The zero-order chi connectivity index (χ0) is 30.1. The summed E-state index contributed by atoms with van der Waals surface area (Å²) in [5.74, 6) is 5.60. The molecule has 1 fully saturated rings. The maximum Gasteiger partial charge on any atom is 0.410 e. The Labute approximate surface area is 236 Å². The summed E-state index contributed by atoms with van der Waals surface area (Å²) in [6.07, 6.45) is 3.93. The Balaban J connectivity index is 0.000000415. The number of aromatic nitrogens is 1. The number of amides is 2. The molecule has 3 N–H and O–H groups in total. The van der Waals surface area contributed by atoms with Gasteiger partial charge in [0.05, 0.1) is 6.61 Å². The van der Waals surface area contributed by atoms with Crippen LogP contribution in [-0.4, -0.2) is 65.0 Å². The van der Waals surface area contributed by atoms with Gasteiger partial charge in [-0.05, 0) is 69.5 Å². The third-order valence-electron chi connectivity index (χ3n) is 4.83. The molecule has 1 aromatic carbocycles. The zero-order valence-electron chi connectivity index (χ0n) is 24.5. The molecule has 220 valence electrons. The summed E-state index contributed by atoms with van der Waals surface area (Å²) in [4.78, 5) is 48.8. The van der Waals surface area contributed by atoms with Gasteiger partial charge >= 0.3 is 18.2 Å². The van der Waals surface area contributed by atoms with Crippen molar-refractivity contribution in [1.82, 2.24) is 15.2 Å². The number of ether oxygens (including phenoxy) is 2. The summed E-state index contributed by atoms with van der Waals surface area (Å²) >= 11 is 0. The number of carboxylic acid groups (broad SMARTS) is 1. The van der Waals surface area contributed by atoms with Gasteiger partial charge < -0.3 is 29.8 Å². The number of benzene rings is 1. The first kappa shape index (κ1) is 34.0. The number of carbonyl (C=O) groups is 3. The molecular formula is C30H43N3O7. The van der Waals surface area contributed by atoms with Crippen LogP contribution in [0, 0.1) is 17.8 Å². The summed E-state index contributed by atoms with van der Waals surface area (Å²) < 4.78 is 10.0. The lowest BCUT2D eigenvalue weighted by Crippen LogP contribution is -2.34. The highest BCUT2D eigenvalue weighted by atomic mass is 16.6. The van der Waals surface area contributed by atoms with Gasteiger partial charge in [0.15, 0.2) is 0 Å². The third kappa shape index (κ3) is 15.4. The minimum Gasteiger partial charge on any atom is -0.480 e. The van der Waals surface area contributed by atoms with E-state index in [-0.39, 0.29) is 23.9 Å². The Morgan fingerprint density at radius 2 is 1.77 bits per heavy atom. The fraction of sp³-hybridized carbons (Fsp3) is 0.533. The van der Waals surface area contributed by atoms with Gasteiger partial charge in [-0.25, -0.2) is 9.59 Å². The van der Waals surface area contributed by atoms with E-state index < -0.39 is 18.6 Å². The number of fused-ring (bicyclic) bond motifs is 1. The molecule has 0 spiro atoms. The minimum atomic E-state index is -1.13. The number of alkyl carbamates (subject to hydrolysis) is 1. The second kappa shape index (κ2) is 17.6. The van der Waals surface area contributed by atoms with E-state index in [2.05, 4.69) is 42.9 Å². The molecule has 3 rings (SSSR count). The molecule has 2 aromatic rings. The average Bonchev–Trinajstić information content (AvgIpc) is 3.40. The summed E-state index contributed by atoms with van der Waals surface area (Å²) in [6, 6.07) is 7.23. The molecule has 1 aliphatic heterocycles.